The lowest BCUT2D eigenvalue weighted by Gasteiger charge is -2.09. The highest BCUT2D eigenvalue weighted by atomic mass is 16.1. The number of carbonyl (C=O) groups is 1. The van der Waals surface area contributed by atoms with E-state index < -0.39 is 0 Å². The Labute approximate surface area is 124 Å². The maximum Gasteiger partial charge on any atom is 0.276 e. The molecular weight excluding hydrogens is 264 g/mol. The molecule has 1 aromatic heterocycles. The summed E-state index contributed by atoms with van der Waals surface area (Å²) in [5.74, 6) is 0.427. The van der Waals surface area contributed by atoms with Crippen molar-refractivity contribution in [3.05, 3.63) is 47.2 Å². The van der Waals surface area contributed by atoms with Crippen molar-refractivity contribution in [2.45, 2.75) is 27.2 Å². The van der Waals surface area contributed by atoms with Crippen LogP contribution in [0.15, 0.2) is 30.3 Å². The topological polar surface area (TPSA) is 66.9 Å². The van der Waals surface area contributed by atoms with E-state index in [-0.39, 0.29) is 5.91 Å². The van der Waals surface area contributed by atoms with Gasteiger partial charge in [0.25, 0.3) is 5.91 Å². The quantitative estimate of drug-likeness (QED) is 0.885. The van der Waals surface area contributed by atoms with Gasteiger partial charge in [0.1, 0.15) is 5.82 Å². The zero-order valence-corrected chi connectivity index (χ0v) is 12.6. The Kier molecular flexibility index (Phi) is 4.87. The Morgan fingerprint density at radius 1 is 1.14 bits per heavy atom. The van der Waals surface area contributed by atoms with E-state index in [1.165, 1.54) is 0 Å². The minimum Gasteiger partial charge on any atom is -0.369 e. The van der Waals surface area contributed by atoms with Gasteiger partial charge >= 0.3 is 0 Å². The molecule has 0 saturated carbocycles. The van der Waals surface area contributed by atoms with Gasteiger partial charge in [-0.1, -0.05) is 24.6 Å². The maximum atomic E-state index is 12.1. The van der Waals surface area contributed by atoms with Crippen molar-refractivity contribution < 1.29 is 4.79 Å². The SMILES string of the molecule is CCCNc1ccc(C(=O)Nc2ccc(C)cc2C)nn1. The van der Waals surface area contributed by atoms with Crippen LogP contribution in [0, 0.1) is 13.8 Å². The summed E-state index contributed by atoms with van der Waals surface area (Å²) >= 11 is 0. The van der Waals surface area contributed by atoms with Crippen LogP contribution in [0.5, 0.6) is 0 Å². The molecule has 0 spiro atoms. The molecule has 0 radical (unpaired) electrons. The van der Waals surface area contributed by atoms with Crippen LogP contribution in [-0.2, 0) is 0 Å². The first-order valence-corrected chi connectivity index (χ1v) is 7.06. The van der Waals surface area contributed by atoms with E-state index >= 15 is 0 Å². The lowest BCUT2D eigenvalue weighted by Crippen LogP contribution is -2.15. The third-order valence-electron chi connectivity index (χ3n) is 3.08. The first-order chi connectivity index (χ1) is 10.1. The predicted octanol–water partition coefficient (Wildman–Crippen LogP) is 3.17. The first kappa shape index (κ1) is 15.0. The van der Waals surface area contributed by atoms with E-state index in [1.54, 1.807) is 12.1 Å². The Bertz CT molecular complexity index is 623. The van der Waals surface area contributed by atoms with Crippen LogP contribution >= 0.6 is 0 Å². The monoisotopic (exact) mass is 284 g/mol. The van der Waals surface area contributed by atoms with Crippen LogP contribution in [0.3, 0.4) is 0 Å². The van der Waals surface area contributed by atoms with Crippen LogP contribution in [0.4, 0.5) is 11.5 Å². The molecule has 0 aliphatic heterocycles. The fraction of sp³-hybridized carbons (Fsp3) is 0.312. The maximum absolute atomic E-state index is 12.1. The van der Waals surface area contributed by atoms with Gasteiger partial charge in [-0.3, -0.25) is 4.79 Å². The predicted molar refractivity (Wildman–Crippen MR) is 84.7 cm³/mol. The molecule has 5 heteroatoms. The molecule has 0 aliphatic carbocycles. The van der Waals surface area contributed by atoms with Crippen molar-refractivity contribution in [1.29, 1.82) is 0 Å². The van der Waals surface area contributed by atoms with Crippen LogP contribution in [0.25, 0.3) is 0 Å². The van der Waals surface area contributed by atoms with Crippen LogP contribution < -0.4 is 10.6 Å². The van der Waals surface area contributed by atoms with Gasteiger partial charge in [0.05, 0.1) is 0 Å². The molecular formula is C16H20N4O. The number of nitrogens with zero attached hydrogens (tertiary/aromatic N) is 2. The van der Waals surface area contributed by atoms with Crippen molar-refractivity contribution in [2.24, 2.45) is 0 Å². The molecule has 0 bridgehead atoms. The minimum absolute atomic E-state index is 0.253. The van der Waals surface area contributed by atoms with Gasteiger partial charge in [-0.25, -0.2) is 0 Å². The molecule has 110 valence electrons. The number of benzene rings is 1. The summed E-state index contributed by atoms with van der Waals surface area (Å²) < 4.78 is 0. The normalized spacial score (nSPS) is 10.2. The summed E-state index contributed by atoms with van der Waals surface area (Å²) in [4.78, 5) is 12.1. The number of aromatic nitrogens is 2. The van der Waals surface area contributed by atoms with Gasteiger partial charge in [0, 0.05) is 12.2 Å². The zero-order valence-electron chi connectivity index (χ0n) is 12.6. The number of anilines is 2. The van der Waals surface area contributed by atoms with Crippen molar-refractivity contribution in [2.75, 3.05) is 17.2 Å². The molecule has 1 amide bonds. The highest BCUT2D eigenvalue weighted by Gasteiger charge is 2.10. The molecule has 1 heterocycles. The minimum atomic E-state index is -0.253. The van der Waals surface area contributed by atoms with E-state index in [0.29, 0.717) is 11.5 Å². The number of aryl methyl sites for hydroxylation is 2. The van der Waals surface area contributed by atoms with Gasteiger partial charge in [0.2, 0.25) is 0 Å². The summed E-state index contributed by atoms with van der Waals surface area (Å²) in [5.41, 5.74) is 3.28. The highest BCUT2D eigenvalue weighted by molar-refractivity contribution is 6.03. The number of rotatable bonds is 5. The average molecular weight is 284 g/mol. The Balaban J connectivity index is 2.06. The molecule has 0 atom stereocenters. The fourth-order valence-electron chi connectivity index (χ4n) is 1.94. The summed E-state index contributed by atoms with van der Waals surface area (Å²) in [6.45, 7) is 6.90. The van der Waals surface area contributed by atoms with Crippen LogP contribution in [-0.4, -0.2) is 22.6 Å². The molecule has 2 aromatic rings. The lowest BCUT2D eigenvalue weighted by molar-refractivity contribution is 0.102. The van der Waals surface area contributed by atoms with Gasteiger partial charge in [-0.15, -0.1) is 10.2 Å². The Morgan fingerprint density at radius 3 is 2.57 bits per heavy atom. The van der Waals surface area contributed by atoms with Gasteiger partial charge in [-0.05, 0) is 44.0 Å². The lowest BCUT2D eigenvalue weighted by atomic mass is 10.1. The van der Waals surface area contributed by atoms with Crippen LogP contribution in [0.2, 0.25) is 0 Å². The molecule has 0 unspecified atom stereocenters. The van der Waals surface area contributed by atoms with Gasteiger partial charge in [0.15, 0.2) is 5.69 Å². The molecule has 2 N–H and O–H groups in total. The van der Waals surface area contributed by atoms with Gasteiger partial charge in [-0.2, -0.15) is 0 Å². The van der Waals surface area contributed by atoms with Crippen molar-refractivity contribution in [1.82, 2.24) is 10.2 Å². The van der Waals surface area contributed by atoms with Crippen molar-refractivity contribution in [3.63, 3.8) is 0 Å². The second kappa shape index (κ2) is 6.83. The number of hydrogen-bond acceptors (Lipinski definition) is 4. The van der Waals surface area contributed by atoms with E-state index in [0.717, 1.165) is 29.8 Å². The van der Waals surface area contributed by atoms with E-state index in [4.69, 9.17) is 0 Å². The number of hydrogen-bond donors (Lipinski definition) is 2. The molecule has 0 saturated heterocycles. The Hall–Kier alpha value is -2.43. The summed E-state index contributed by atoms with van der Waals surface area (Å²) in [6.07, 6.45) is 1.01. The van der Waals surface area contributed by atoms with Crippen LogP contribution in [0.1, 0.15) is 35.0 Å². The van der Waals surface area contributed by atoms with Crippen molar-refractivity contribution in [3.8, 4) is 0 Å². The molecule has 1 aromatic carbocycles. The fourth-order valence-corrected chi connectivity index (χ4v) is 1.94. The van der Waals surface area contributed by atoms with Gasteiger partial charge < -0.3 is 10.6 Å². The molecule has 0 fully saturated rings. The molecule has 5 nitrogen and oxygen atoms in total. The summed E-state index contributed by atoms with van der Waals surface area (Å²) in [6, 6.07) is 9.32. The van der Waals surface area contributed by atoms with E-state index in [1.807, 2.05) is 32.0 Å². The summed E-state index contributed by atoms with van der Waals surface area (Å²) in [7, 11) is 0. The van der Waals surface area contributed by atoms with E-state index in [2.05, 4.69) is 27.8 Å². The third-order valence-corrected chi connectivity index (χ3v) is 3.08. The van der Waals surface area contributed by atoms with Crippen molar-refractivity contribution >= 4 is 17.4 Å². The number of amides is 1. The standard InChI is InChI=1S/C16H20N4O/c1-4-9-17-15-8-7-14(19-20-15)16(21)18-13-6-5-11(2)10-12(13)3/h5-8,10H,4,9H2,1-3H3,(H,17,20)(H,18,21). The zero-order chi connectivity index (χ0) is 15.2. The highest BCUT2D eigenvalue weighted by Crippen LogP contribution is 2.16. The first-order valence-electron chi connectivity index (χ1n) is 7.06. The Morgan fingerprint density at radius 2 is 1.95 bits per heavy atom. The molecule has 21 heavy (non-hydrogen) atoms. The smallest absolute Gasteiger partial charge is 0.276 e. The largest absolute Gasteiger partial charge is 0.369 e. The molecule has 0 aliphatic rings. The third kappa shape index (κ3) is 4.02. The number of carbonyl (C=O) groups excluding carboxylic acids is 1. The summed E-state index contributed by atoms with van der Waals surface area (Å²) in [5, 5.41) is 13.9. The van der Waals surface area contributed by atoms with E-state index in [9.17, 15) is 4.79 Å². The molecule has 2 rings (SSSR count). The second-order valence-electron chi connectivity index (χ2n) is 5.00. The average Bonchev–Trinajstić information content (AvgIpc) is 2.48. The second-order valence-corrected chi connectivity index (χ2v) is 5.00. The number of nitrogens with one attached hydrogen (secondary N) is 2.